The molecule has 1 aliphatic carbocycles. The number of hydrogen-bond acceptors (Lipinski definition) is 3. The molecule has 0 spiro atoms. The van der Waals surface area contributed by atoms with Gasteiger partial charge >= 0.3 is 0 Å². The smallest absolute Gasteiger partial charge is 0.247 e. The van der Waals surface area contributed by atoms with E-state index in [4.69, 9.17) is 23.2 Å². The maximum Gasteiger partial charge on any atom is 0.247 e. The molecular formula is C10H4Cl2O3. The molecule has 1 aromatic carbocycles. The Labute approximate surface area is 95.0 Å². The lowest BCUT2D eigenvalue weighted by Crippen LogP contribution is -2.45. The Kier molecular flexibility index (Phi) is 2.17. The van der Waals surface area contributed by atoms with Crippen LogP contribution in [0.15, 0.2) is 24.3 Å². The average molecular weight is 243 g/mol. The van der Waals surface area contributed by atoms with Crippen molar-refractivity contribution in [2.24, 2.45) is 0 Å². The molecule has 0 heterocycles. The Balaban J connectivity index is 2.74. The maximum absolute atomic E-state index is 11.7. The van der Waals surface area contributed by atoms with Crippen LogP contribution in [0.4, 0.5) is 0 Å². The van der Waals surface area contributed by atoms with Crippen LogP contribution in [0.2, 0.25) is 0 Å². The summed E-state index contributed by atoms with van der Waals surface area (Å²) in [4.78, 5) is 34.6. The minimum Gasteiger partial charge on any atom is -0.290 e. The highest BCUT2D eigenvalue weighted by molar-refractivity contribution is 6.79. The van der Waals surface area contributed by atoms with Crippen molar-refractivity contribution < 1.29 is 14.4 Å². The average Bonchev–Trinajstić information content (AvgIpc) is 2.24. The van der Waals surface area contributed by atoms with Crippen LogP contribution in [-0.4, -0.2) is 21.7 Å². The fourth-order valence-electron chi connectivity index (χ4n) is 1.42. The van der Waals surface area contributed by atoms with Crippen molar-refractivity contribution in [3.63, 3.8) is 0 Å². The van der Waals surface area contributed by atoms with Crippen LogP contribution < -0.4 is 0 Å². The molecule has 5 heteroatoms. The van der Waals surface area contributed by atoms with Gasteiger partial charge in [-0.25, -0.2) is 0 Å². The minimum atomic E-state index is -2.27. The number of alkyl halides is 2. The number of halogens is 2. The lowest BCUT2D eigenvalue weighted by atomic mass is 9.88. The van der Waals surface area contributed by atoms with E-state index in [1.165, 1.54) is 12.1 Å². The van der Waals surface area contributed by atoms with Crippen LogP contribution in [0, 0.1) is 0 Å². The minimum absolute atomic E-state index is 0.0597. The van der Waals surface area contributed by atoms with E-state index in [2.05, 4.69) is 0 Å². The number of rotatable bonds is 0. The molecule has 0 atom stereocenters. The SMILES string of the molecule is O=C1C(=O)C(Cl)(Cl)C(=O)c2ccccc21. The van der Waals surface area contributed by atoms with Crippen molar-refractivity contribution in [3.05, 3.63) is 35.4 Å². The highest BCUT2D eigenvalue weighted by Crippen LogP contribution is 2.34. The predicted octanol–water partition coefficient (Wildman–Crippen LogP) is 1.81. The lowest BCUT2D eigenvalue weighted by Gasteiger charge is -2.22. The number of ketones is 3. The Bertz CT molecular complexity index is 491. The van der Waals surface area contributed by atoms with Crippen molar-refractivity contribution in [2.75, 3.05) is 0 Å². The van der Waals surface area contributed by atoms with Gasteiger partial charge < -0.3 is 0 Å². The third-order valence-electron chi connectivity index (χ3n) is 2.19. The summed E-state index contributed by atoms with van der Waals surface area (Å²) < 4.78 is -2.27. The molecule has 1 aliphatic rings. The summed E-state index contributed by atoms with van der Waals surface area (Å²) in [5, 5.41) is 0. The van der Waals surface area contributed by atoms with E-state index in [0.717, 1.165) is 0 Å². The van der Waals surface area contributed by atoms with Gasteiger partial charge in [0.1, 0.15) is 0 Å². The Morgan fingerprint density at radius 1 is 0.867 bits per heavy atom. The normalized spacial score (nSPS) is 18.9. The summed E-state index contributed by atoms with van der Waals surface area (Å²) in [7, 11) is 0. The van der Waals surface area contributed by atoms with Gasteiger partial charge in [-0.15, -0.1) is 0 Å². The van der Waals surface area contributed by atoms with E-state index in [-0.39, 0.29) is 11.1 Å². The summed E-state index contributed by atoms with van der Waals surface area (Å²) in [6.45, 7) is 0. The number of benzene rings is 1. The van der Waals surface area contributed by atoms with Gasteiger partial charge in [-0.2, -0.15) is 0 Å². The first-order chi connectivity index (χ1) is 6.96. The number of carbonyl (C=O) groups excluding carboxylic acids is 3. The van der Waals surface area contributed by atoms with Crippen LogP contribution in [-0.2, 0) is 4.79 Å². The summed E-state index contributed by atoms with van der Waals surface area (Å²) in [6, 6.07) is 5.95. The second-order valence-electron chi connectivity index (χ2n) is 3.11. The molecule has 2 rings (SSSR count). The van der Waals surface area contributed by atoms with Crippen molar-refractivity contribution in [1.82, 2.24) is 0 Å². The van der Waals surface area contributed by atoms with E-state index in [0.29, 0.717) is 0 Å². The van der Waals surface area contributed by atoms with Crippen LogP contribution >= 0.6 is 23.2 Å². The Morgan fingerprint density at radius 2 is 1.40 bits per heavy atom. The number of Topliss-reactive ketones (excluding diaryl/α,β-unsaturated/α-hetero) is 3. The van der Waals surface area contributed by atoms with Crippen LogP contribution in [0.25, 0.3) is 0 Å². The van der Waals surface area contributed by atoms with E-state index in [1.807, 2.05) is 0 Å². The van der Waals surface area contributed by atoms with Crippen LogP contribution in [0.1, 0.15) is 20.7 Å². The summed E-state index contributed by atoms with van der Waals surface area (Å²) in [5.41, 5.74) is 0.150. The first-order valence-electron chi connectivity index (χ1n) is 4.07. The van der Waals surface area contributed by atoms with E-state index in [1.54, 1.807) is 12.1 Å². The summed E-state index contributed by atoms with van der Waals surface area (Å²) >= 11 is 11.1. The third kappa shape index (κ3) is 1.31. The van der Waals surface area contributed by atoms with Gasteiger partial charge in [-0.05, 0) is 0 Å². The van der Waals surface area contributed by atoms with Crippen LogP contribution in [0.3, 0.4) is 0 Å². The molecule has 0 aliphatic heterocycles. The van der Waals surface area contributed by atoms with Gasteiger partial charge in [-0.3, -0.25) is 14.4 Å². The molecule has 0 amide bonds. The monoisotopic (exact) mass is 242 g/mol. The van der Waals surface area contributed by atoms with Crippen molar-refractivity contribution >= 4 is 40.6 Å². The van der Waals surface area contributed by atoms with E-state index < -0.39 is 21.7 Å². The standard InChI is InChI=1S/C10H4Cl2O3/c11-10(12)8(14)6-4-2-1-3-5(6)7(13)9(10)15/h1-4H. The molecule has 0 fully saturated rings. The lowest BCUT2D eigenvalue weighted by molar-refractivity contribution is -0.115. The molecule has 0 saturated carbocycles. The van der Waals surface area contributed by atoms with Crippen molar-refractivity contribution in [2.45, 2.75) is 4.33 Å². The zero-order valence-electron chi connectivity index (χ0n) is 7.29. The maximum atomic E-state index is 11.7. The molecule has 15 heavy (non-hydrogen) atoms. The highest BCUT2D eigenvalue weighted by Gasteiger charge is 2.51. The van der Waals surface area contributed by atoms with Gasteiger partial charge in [0, 0.05) is 11.1 Å². The van der Waals surface area contributed by atoms with Crippen molar-refractivity contribution in [1.29, 1.82) is 0 Å². The third-order valence-corrected chi connectivity index (χ3v) is 2.88. The quantitative estimate of drug-likeness (QED) is 0.396. The van der Waals surface area contributed by atoms with E-state index in [9.17, 15) is 14.4 Å². The molecule has 0 N–H and O–H groups in total. The van der Waals surface area contributed by atoms with Gasteiger partial charge in [0.15, 0.2) is 0 Å². The first-order valence-corrected chi connectivity index (χ1v) is 4.82. The largest absolute Gasteiger partial charge is 0.290 e. The summed E-state index contributed by atoms with van der Waals surface area (Å²) in [5.74, 6) is -2.66. The van der Waals surface area contributed by atoms with Gasteiger partial charge in [0.25, 0.3) is 0 Å². The topological polar surface area (TPSA) is 51.2 Å². The molecule has 76 valence electrons. The first kappa shape index (κ1) is 10.3. The van der Waals surface area contributed by atoms with Gasteiger partial charge in [-0.1, -0.05) is 47.5 Å². The van der Waals surface area contributed by atoms with E-state index >= 15 is 0 Å². The zero-order valence-corrected chi connectivity index (χ0v) is 8.80. The predicted molar refractivity (Wildman–Crippen MR) is 54.5 cm³/mol. The van der Waals surface area contributed by atoms with Gasteiger partial charge in [0.2, 0.25) is 21.7 Å². The molecule has 0 unspecified atom stereocenters. The Hall–Kier alpha value is -1.19. The second-order valence-corrected chi connectivity index (χ2v) is 4.43. The zero-order chi connectivity index (χ0) is 11.2. The van der Waals surface area contributed by atoms with Crippen molar-refractivity contribution in [3.8, 4) is 0 Å². The molecule has 0 radical (unpaired) electrons. The number of fused-ring (bicyclic) bond motifs is 1. The fourth-order valence-corrected chi connectivity index (χ4v) is 1.79. The number of hydrogen-bond donors (Lipinski definition) is 0. The van der Waals surface area contributed by atoms with Gasteiger partial charge in [0.05, 0.1) is 0 Å². The molecule has 0 bridgehead atoms. The Morgan fingerprint density at radius 3 is 2.00 bits per heavy atom. The molecule has 0 aromatic heterocycles. The fraction of sp³-hybridized carbons (Fsp3) is 0.100. The molecule has 3 nitrogen and oxygen atoms in total. The molecule has 1 aromatic rings. The van der Waals surface area contributed by atoms with Crippen LogP contribution in [0.5, 0.6) is 0 Å². The number of carbonyl (C=O) groups is 3. The summed E-state index contributed by atoms with van der Waals surface area (Å²) in [6.07, 6.45) is 0. The second kappa shape index (κ2) is 3.15. The molecule has 0 saturated heterocycles. The molecular weight excluding hydrogens is 239 g/mol. The highest BCUT2D eigenvalue weighted by atomic mass is 35.5.